The molecule has 17 heavy (non-hydrogen) atoms. The van der Waals surface area contributed by atoms with Crippen molar-refractivity contribution >= 4 is 0 Å². The van der Waals surface area contributed by atoms with E-state index < -0.39 is 12.3 Å². The van der Waals surface area contributed by atoms with Crippen molar-refractivity contribution in [3.8, 4) is 0 Å². The Balaban J connectivity index is 2.47. The molecule has 0 aromatic rings. The summed E-state index contributed by atoms with van der Waals surface area (Å²) in [6, 6.07) is 0.112. The van der Waals surface area contributed by atoms with Crippen LogP contribution >= 0.6 is 0 Å². The molecule has 0 aliphatic carbocycles. The Bertz CT molecular complexity index is 223. The lowest BCUT2D eigenvalue weighted by molar-refractivity contribution is -0.210. The third-order valence-corrected chi connectivity index (χ3v) is 3.16. The monoisotopic (exact) mass is 254 g/mol. The van der Waals surface area contributed by atoms with Crippen molar-refractivity contribution in [3.63, 3.8) is 0 Å². The molecule has 2 N–H and O–H groups in total. The van der Waals surface area contributed by atoms with Crippen molar-refractivity contribution in [2.75, 3.05) is 26.2 Å². The molecule has 1 aliphatic rings. The Morgan fingerprint density at radius 1 is 1.41 bits per heavy atom. The Hall–Kier alpha value is -0.330. The fraction of sp³-hybridized carbons (Fsp3) is 1.00. The number of aliphatic hydroxyl groups is 1. The van der Waals surface area contributed by atoms with Crippen molar-refractivity contribution in [2.24, 2.45) is 0 Å². The number of aliphatic hydroxyl groups excluding tert-OH is 1. The molecule has 102 valence electrons. The minimum absolute atomic E-state index is 0.112. The van der Waals surface area contributed by atoms with Gasteiger partial charge in [0.1, 0.15) is 0 Å². The third-order valence-electron chi connectivity index (χ3n) is 3.16. The minimum atomic E-state index is -4.51. The molecule has 0 aromatic carbocycles. The molecule has 0 amide bonds. The summed E-state index contributed by atoms with van der Waals surface area (Å²) in [6.45, 7) is 3.81. The number of alkyl halides is 3. The van der Waals surface area contributed by atoms with Crippen molar-refractivity contribution in [1.82, 2.24) is 10.2 Å². The van der Waals surface area contributed by atoms with Crippen LogP contribution in [0.25, 0.3) is 0 Å². The van der Waals surface area contributed by atoms with E-state index in [0.29, 0.717) is 13.1 Å². The van der Waals surface area contributed by atoms with Crippen molar-refractivity contribution in [1.29, 1.82) is 0 Å². The molecule has 0 radical (unpaired) electrons. The van der Waals surface area contributed by atoms with Gasteiger partial charge in [0.05, 0.1) is 0 Å². The van der Waals surface area contributed by atoms with Gasteiger partial charge in [-0.2, -0.15) is 13.2 Å². The number of rotatable bonds is 5. The second-order valence-corrected chi connectivity index (χ2v) is 4.51. The molecule has 0 bridgehead atoms. The van der Waals surface area contributed by atoms with Gasteiger partial charge in [-0.15, -0.1) is 0 Å². The van der Waals surface area contributed by atoms with Gasteiger partial charge in [0.25, 0.3) is 0 Å². The summed E-state index contributed by atoms with van der Waals surface area (Å²) in [4.78, 5) is 1.75. The first-order valence-electron chi connectivity index (χ1n) is 6.14. The summed E-state index contributed by atoms with van der Waals surface area (Å²) < 4.78 is 36.9. The molecule has 6 heteroatoms. The van der Waals surface area contributed by atoms with Gasteiger partial charge < -0.3 is 10.4 Å². The Kier molecular flexibility index (Phi) is 5.69. The quantitative estimate of drug-likeness (QED) is 0.778. The van der Waals surface area contributed by atoms with Crippen molar-refractivity contribution in [2.45, 2.75) is 44.5 Å². The van der Waals surface area contributed by atoms with Crippen LogP contribution in [0.5, 0.6) is 0 Å². The molecule has 2 atom stereocenters. The van der Waals surface area contributed by atoms with Gasteiger partial charge in [-0.25, -0.2) is 0 Å². The smallest absolute Gasteiger partial charge is 0.382 e. The predicted octanol–water partition coefficient (Wildman–Crippen LogP) is 1.37. The van der Waals surface area contributed by atoms with Crippen molar-refractivity contribution < 1.29 is 18.3 Å². The summed E-state index contributed by atoms with van der Waals surface area (Å²) in [5.41, 5.74) is 0. The number of piperidine rings is 1. The summed E-state index contributed by atoms with van der Waals surface area (Å²) in [5, 5.41) is 12.2. The van der Waals surface area contributed by atoms with Crippen LogP contribution in [0.1, 0.15) is 26.2 Å². The Morgan fingerprint density at radius 2 is 2.12 bits per heavy atom. The molecule has 0 aromatic heterocycles. The van der Waals surface area contributed by atoms with Crippen LogP contribution in [-0.4, -0.2) is 54.5 Å². The average molecular weight is 254 g/mol. The standard InChI is InChI=1S/C11H21F3N2O/c1-2-15-7-9-5-3-4-6-16(9)8-10(17)11(12,13)14/h9-10,15,17H,2-8H2,1H3. The summed E-state index contributed by atoms with van der Waals surface area (Å²) >= 11 is 0. The number of β-amino-alcohol motifs (C(OH)–C–C–N with tert-alkyl or cyclic N) is 1. The first-order valence-corrected chi connectivity index (χ1v) is 6.14. The van der Waals surface area contributed by atoms with E-state index in [0.717, 1.165) is 25.8 Å². The summed E-state index contributed by atoms with van der Waals surface area (Å²) in [7, 11) is 0. The molecule has 3 nitrogen and oxygen atoms in total. The zero-order valence-corrected chi connectivity index (χ0v) is 10.1. The maximum atomic E-state index is 12.3. The Morgan fingerprint density at radius 3 is 2.71 bits per heavy atom. The fourth-order valence-corrected chi connectivity index (χ4v) is 2.17. The van der Waals surface area contributed by atoms with E-state index in [1.54, 1.807) is 4.90 Å². The summed E-state index contributed by atoms with van der Waals surface area (Å²) in [5.74, 6) is 0. The van der Waals surface area contributed by atoms with E-state index in [1.165, 1.54) is 0 Å². The van der Waals surface area contributed by atoms with E-state index in [2.05, 4.69) is 5.32 Å². The van der Waals surface area contributed by atoms with Crippen LogP contribution in [0.2, 0.25) is 0 Å². The number of nitrogens with zero attached hydrogens (tertiary/aromatic N) is 1. The fourth-order valence-electron chi connectivity index (χ4n) is 2.17. The second kappa shape index (κ2) is 6.56. The zero-order valence-electron chi connectivity index (χ0n) is 10.1. The van der Waals surface area contributed by atoms with Gasteiger partial charge in [-0.1, -0.05) is 13.3 Å². The van der Waals surface area contributed by atoms with Crippen molar-refractivity contribution in [3.05, 3.63) is 0 Å². The second-order valence-electron chi connectivity index (χ2n) is 4.51. The van der Waals surface area contributed by atoms with Crippen LogP contribution < -0.4 is 5.32 Å². The molecule has 0 saturated carbocycles. The lowest BCUT2D eigenvalue weighted by Crippen LogP contribution is -2.50. The van der Waals surface area contributed by atoms with Crippen LogP contribution in [0.4, 0.5) is 13.2 Å². The molecular formula is C11H21F3N2O. The maximum absolute atomic E-state index is 12.3. The van der Waals surface area contributed by atoms with Gasteiger partial charge in [-0.3, -0.25) is 4.90 Å². The first kappa shape index (κ1) is 14.7. The van der Waals surface area contributed by atoms with E-state index in [9.17, 15) is 13.2 Å². The van der Waals surface area contributed by atoms with Gasteiger partial charge in [0.15, 0.2) is 6.10 Å². The topological polar surface area (TPSA) is 35.5 Å². The number of likely N-dealkylation sites (N-methyl/N-ethyl adjacent to an activating group) is 1. The lowest BCUT2D eigenvalue weighted by atomic mass is 10.0. The molecular weight excluding hydrogens is 233 g/mol. The van der Waals surface area contributed by atoms with E-state index in [4.69, 9.17) is 5.11 Å². The highest BCUT2D eigenvalue weighted by Gasteiger charge is 2.40. The lowest BCUT2D eigenvalue weighted by Gasteiger charge is -2.37. The molecule has 2 unspecified atom stereocenters. The third kappa shape index (κ3) is 4.81. The predicted molar refractivity (Wildman–Crippen MR) is 59.8 cm³/mol. The van der Waals surface area contributed by atoms with Gasteiger partial charge in [0, 0.05) is 19.1 Å². The van der Waals surface area contributed by atoms with Crippen LogP contribution in [0, 0.1) is 0 Å². The van der Waals surface area contributed by atoms with E-state index >= 15 is 0 Å². The number of halogens is 3. The maximum Gasteiger partial charge on any atom is 0.415 e. The molecule has 1 heterocycles. The number of likely N-dealkylation sites (tertiary alicyclic amines) is 1. The molecule has 1 fully saturated rings. The van der Waals surface area contributed by atoms with Gasteiger partial charge in [0.2, 0.25) is 0 Å². The normalized spacial score (nSPS) is 24.9. The zero-order chi connectivity index (χ0) is 12.9. The Labute approximate surface area is 100.0 Å². The highest BCUT2D eigenvalue weighted by atomic mass is 19.4. The van der Waals surface area contributed by atoms with Gasteiger partial charge >= 0.3 is 6.18 Å². The first-order chi connectivity index (χ1) is 7.95. The minimum Gasteiger partial charge on any atom is -0.382 e. The summed E-state index contributed by atoms with van der Waals surface area (Å²) in [6.07, 6.45) is -3.88. The van der Waals surface area contributed by atoms with E-state index in [-0.39, 0.29) is 12.6 Å². The SMILES string of the molecule is CCNCC1CCCCN1CC(O)C(F)(F)F. The molecule has 1 rings (SSSR count). The van der Waals surface area contributed by atoms with Crippen LogP contribution in [-0.2, 0) is 0 Å². The van der Waals surface area contributed by atoms with E-state index in [1.807, 2.05) is 6.92 Å². The highest BCUT2D eigenvalue weighted by Crippen LogP contribution is 2.23. The molecule has 1 saturated heterocycles. The number of hydrogen-bond acceptors (Lipinski definition) is 3. The van der Waals surface area contributed by atoms with Gasteiger partial charge in [-0.05, 0) is 25.9 Å². The molecule has 0 spiro atoms. The van der Waals surface area contributed by atoms with Crippen LogP contribution in [0.3, 0.4) is 0 Å². The van der Waals surface area contributed by atoms with Crippen LogP contribution in [0.15, 0.2) is 0 Å². The highest BCUT2D eigenvalue weighted by molar-refractivity contribution is 4.82. The number of nitrogens with one attached hydrogen (secondary N) is 1. The average Bonchev–Trinajstić information content (AvgIpc) is 2.26. The number of hydrogen-bond donors (Lipinski definition) is 2. The molecule has 1 aliphatic heterocycles. The largest absolute Gasteiger partial charge is 0.415 e.